The van der Waals surface area contributed by atoms with Gasteiger partial charge in [-0.3, -0.25) is 0 Å². The van der Waals surface area contributed by atoms with E-state index in [4.69, 9.17) is 10.5 Å². The topological polar surface area (TPSA) is 55.5 Å². The van der Waals surface area contributed by atoms with Gasteiger partial charge in [0, 0.05) is 5.54 Å². The van der Waals surface area contributed by atoms with Crippen LogP contribution in [0.3, 0.4) is 0 Å². The van der Waals surface area contributed by atoms with E-state index in [9.17, 15) is 5.11 Å². The van der Waals surface area contributed by atoms with Crippen molar-refractivity contribution >= 4 is 0 Å². The molecule has 0 heterocycles. The van der Waals surface area contributed by atoms with Crippen LogP contribution >= 0.6 is 0 Å². The molecule has 18 heavy (non-hydrogen) atoms. The van der Waals surface area contributed by atoms with Crippen LogP contribution in [-0.4, -0.2) is 17.3 Å². The second-order valence-corrected chi connectivity index (χ2v) is 5.20. The zero-order chi connectivity index (χ0) is 13.0. The molecule has 1 fully saturated rings. The molecule has 0 bridgehead atoms. The minimum atomic E-state index is -0.575. The number of nitrogens with two attached hydrogens (primary N) is 1. The van der Waals surface area contributed by atoms with Crippen molar-refractivity contribution in [2.24, 2.45) is 5.73 Å². The van der Waals surface area contributed by atoms with Crippen molar-refractivity contribution in [2.45, 2.75) is 50.7 Å². The average Bonchev–Trinajstić information content (AvgIpc) is 2.40. The molecule has 3 N–H and O–H groups in total. The number of hydrogen-bond donors (Lipinski definition) is 2. The molecular weight excluding hydrogens is 226 g/mol. The summed E-state index contributed by atoms with van der Waals surface area (Å²) in [7, 11) is 0. The molecule has 1 aliphatic rings. The molecule has 3 heteroatoms. The highest BCUT2D eigenvalue weighted by Crippen LogP contribution is 2.36. The Bertz CT molecular complexity index is 369. The van der Waals surface area contributed by atoms with Crippen molar-refractivity contribution in [1.29, 1.82) is 0 Å². The molecule has 0 radical (unpaired) electrons. The molecule has 0 aromatic heterocycles. The van der Waals surface area contributed by atoms with Crippen LogP contribution in [0.1, 0.15) is 50.7 Å². The lowest BCUT2D eigenvalue weighted by Gasteiger charge is -2.37. The molecular formula is C15H23NO2. The Kier molecular flexibility index (Phi) is 4.25. The number of hydrogen-bond acceptors (Lipinski definition) is 3. The largest absolute Gasteiger partial charge is 0.494 e. The molecule has 0 spiro atoms. The predicted molar refractivity (Wildman–Crippen MR) is 72.6 cm³/mol. The first-order valence-corrected chi connectivity index (χ1v) is 6.85. The first-order chi connectivity index (χ1) is 8.65. The highest BCUT2D eigenvalue weighted by molar-refractivity contribution is 5.30. The SMILES string of the molecule is CCOc1ccc(C(O)C2(N)CCCCC2)cc1. The number of benzene rings is 1. The summed E-state index contributed by atoms with van der Waals surface area (Å²) in [6, 6.07) is 7.63. The molecule has 1 saturated carbocycles. The third-order valence-electron chi connectivity index (χ3n) is 3.84. The van der Waals surface area contributed by atoms with E-state index in [1.54, 1.807) is 0 Å². The van der Waals surface area contributed by atoms with Crippen LogP contribution in [0.25, 0.3) is 0 Å². The first kappa shape index (κ1) is 13.4. The summed E-state index contributed by atoms with van der Waals surface area (Å²) >= 11 is 0. The summed E-state index contributed by atoms with van der Waals surface area (Å²) in [5, 5.41) is 10.5. The van der Waals surface area contributed by atoms with Gasteiger partial charge >= 0.3 is 0 Å². The van der Waals surface area contributed by atoms with Crippen molar-refractivity contribution in [3.05, 3.63) is 29.8 Å². The van der Waals surface area contributed by atoms with Crippen LogP contribution in [0.5, 0.6) is 5.75 Å². The van der Waals surface area contributed by atoms with Crippen molar-refractivity contribution < 1.29 is 9.84 Å². The van der Waals surface area contributed by atoms with E-state index in [1.165, 1.54) is 6.42 Å². The monoisotopic (exact) mass is 249 g/mol. The number of aliphatic hydroxyl groups is 1. The van der Waals surface area contributed by atoms with Gasteiger partial charge in [-0.1, -0.05) is 31.4 Å². The summed E-state index contributed by atoms with van der Waals surface area (Å²) < 4.78 is 5.40. The summed E-state index contributed by atoms with van der Waals surface area (Å²) in [5.41, 5.74) is 6.79. The number of ether oxygens (including phenoxy) is 1. The normalized spacial score (nSPS) is 20.4. The van der Waals surface area contributed by atoms with Crippen molar-refractivity contribution in [2.75, 3.05) is 6.61 Å². The van der Waals surface area contributed by atoms with Gasteiger partial charge in [-0.25, -0.2) is 0 Å². The van der Waals surface area contributed by atoms with Crippen molar-refractivity contribution in [3.63, 3.8) is 0 Å². The van der Waals surface area contributed by atoms with Gasteiger partial charge in [0.25, 0.3) is 0 Å². The van der Waals surface area contributed by atoms with Gasteiger partial charge in [0.2, 0.25) is 0 Å². The van der Waals surface area contributed by atoms with Gasteiger partial charge in [-0.05, 0) is 37.5 Å². The number of aliphatic hydroxyl groups excluding tert-OH is 1. The minimum Gasteiger partial charge on any atom is -0.494 e. The highest BCUT2D eigenvalue weighted by atomic mass is 16.5. The molecule has 3 nitrogen and oxygen atoms in total. The molecule has 100 valence electrons. The standard InChI is InChI=1S/C15H23NO2/c1-2-18-13-8-6-12(7-9-13)14(17)15(16)10-4-3-5-11-15/h6-9,14,17H,2-5,10-11,16H2,1H3. The maximum atomic E-state index is 10.5. The molecule has 1 aromatic rings. The fourth-order valence-corrected chi connectivity index (χ4v) is 2.73. The van der Waals surface area contributed by atoms with Crippen LogP contribution in [0.2, 0.25) is 0 Å². The van der Waals surface area contributed by atoms with Crippen molar-refractivity contribution in [1.82, 2.24) is 0 Å². The highest BCUT2D eigenvalue weighted by Gasteiger charge is 2.35. The quantitative estimate of drug-likeness (QED) is 0.862. The Morgan fingerprint density at radius 3 is 2.39 bits per heavy atom. The van der Waals surface area contributed by atoms with E-state index >= 15 is 0 Å². The van der Waals surface area contributed by atoms with Crippen LogP contribution in [0.4, 0.5) is 0 Å². The number of rotatable bonds is 4. The van der Waals surface area contributed by atoms with E-state index in [2.05, 4.69) is 0 Å². The molecule has 1 aliphatic carbocycles. The third kappa shape index (κ3) is 2.85. The predicted octanol–water partition coefficient (Wildman–Crippen LogP) is 2.78. The lowest BCUT2D eigenvalue weighted by atomic mass is 9.76. The average molecular weight is 249 g/mol. The summed E-state index contributed by atoms with van der Waals surface area (Å²) in [6.07, 6.45) is 4.70. The van der Waals surface area contributed by atoms with E-state index in [0.717, 1.165) is 37.0 Å². The van der Waals surface area contributed by atoms with Crippen molar-refractivity contribution in [3.8, 4) is 5.75 Å². The zero-order valence-corrected chi connectivity index (χ0v) is 11.1. The van der Waals surface area contributed by atoms with E-state index in [-0.39, 0.29) is 0 Å². The van der Waals surface area contributed by atoms with Crippen LogP contribution in [-0.2, 0) is 0 Å². The Morgan fingerprint density at radius 1 is 1.22 bits per heavy atom. The van der Waals surface area contributed by atoms with E-state index in [0.29, 0.717) is 6.61 Å². The summed E-state index contributed by atoms with van der Waals surface area (Å²) in [5.74, 6) is 0.836. The second kappa shape index (κ2) is 5.72. The fraction of sp³-hybridized carbons (Fsp3) is 0.600. The van der Waals surface area contributed by atoms with Crippen LogP contribution in [0.15, 0.2) is 24.3 Å². The van der Waals surface area contributed by atoms with E-state index in [1.807, 2.05) is 31.2 Å². The molecule has 1 atom stereocenters. The molecule has 0 aliphatic heterocycles. The molecule has 0 amide bonds. The minimum absolute atomic E-state index is 0.453. The smallest absolute Gasteiger partial charge is 0.119 e. The maximum Gasteiger partial charge on any atom is 0.119 e. The maximum absolute atomic E-state index is 10.5. The Hall–Kier alpha value is -1.06. The van der Waals surface area contributed by atoms with Crippen LogP contribution < -0.4 is 10.5 Å². The summed E-state index contributed by atoms with van der Waals surface area (Å²) in [6.45, 7) is 2.61. The second-order valence-electron chi connectivity index (χ2n) is 5.20. The molecule has 1 unspecified atom stereocenters. The van der Waals surface area contributed by atoms with Gasteiger partial charge in [-0.15, -0.1) is 0 Å². The Morgan fingerprint density at radius 2 is 1.83 bits per heavy atom. The fourth-order valence-electron chi connectivity index (χ4n) is 2.73. The van der Waals surface area contributed by atoms with Gasteiger partial charge in [0.15, 0.2) is 0 Å². The third-order valence-corrected chi connectivity index (χ3v) is 3.84. The lowest BCUT2D eigenvalue weighted by Crippen LogP contribution is -2.47. The zero-order valence-electron chi connectivity index (χ0n) is 11.1. The van der Waals surface area contributed by atoms with Gasteiger partial charge in [0.1, 0.15) is 5.75 Å². The van der Waals surface area contributed by atoms with Gasteiger partial charge < -0.3 is 15.6 Å². The lowest BCUT2D eigenvalue weighted by molar-refractivity contribution is 0.0586. The Labute approximate surface area is 109 Å². The first-order valence-electron chi connectivity index (χ1n) is 6.85. The summed E-state index contributed by atoms with van der Waals surface area (Å²) in [4.78, 5) is 0. The molecule has 0 saturated heterocycles. The molecule has 2 rings (SSSR count). The Balaban J connectivity index is 2.09. The van der Waals surface area contributed by atoms with Gasteiger partial charge in [-0.2, -0.15) is 0 Å². The van der Waals surface area contributed by atoms with Gasteiger partial charge in [0.05, 0.1) is 12.7 Å². The van der Waals surface area contributed by atoms with E-state index < -0.39 is 11.6 Å². The van der Waals surface area contributed by atoms with Crippen LogP contribution in [0, 0.1) is 0 Å². The molecule has 1 aromatic carbocycles.